The van der Waals surface area contributed by atoms with Gasteiger partial charge in [-0.25, -0.2) is 8.42 Å². The number of rotatable bonds is 4. The van der Waals surface area contributed by atoms with E-state index >= 15 is 0 Å². The SMILES string of the molecule is CC(NC(=O)c1cccc(S(C)(=O)=O)c1)C1CCCNC1.Cl. The van der Waals surface area contributed by atoms with Gasteiger partial charge >= 0.3 is 0 Å². The van der Waals surface area contributed by atoms with Crippen molar-refractivity contribution in [1.82, 2.24) is 10.6 Å². The summed E-state index contributed by atoms with van der Waals surface area (Å²) >= 11 is 0. The summed E-state index contributed by atoms with van der Waals surface area (Å²) in [5.74, 6) is 0.194. The summed E-state index contributed by atoms with van der Waals surface area (Å²) in [4.78, 5) is 12.4. The van der Waals surface area contributed by atoms with Crippen molar-refractivity contribution in [3.05, 3.63) is 29.8 Å². The lowest BCUT2D eigenvalue weighted by Gasteiger charge is -2.29. The van der Waals surface area contributed by atoms with Gasteiger partial charge in [0.1, 0.15) is 0 Å². The van der Waals surface area contributed by atoms with Crippen molar-refractivity contribution in [2.45, 2.75) is 30.7 Å². The van der Waals surface area contributed by atoms with E-state index in [2.05, 4.69) is 10.6 Å². The smallest absolute Gasteiger partial charge is 0.251 e. The van der Waals surface area contributed by atoms with Crippen LogP contribution in [0, 0.1) is 5.92 Å². The first-order valence-corrected chi connectivity index (χ1v) is 9.09. The van der Waals surface area contributed by atoms with Gasteiger partial charge in [-0.05, 0) is 57.0 Å². The molecule has 1 aliphatic heterocycles. The van der Waals surface area contributed by atoms with E-state index < -0.39 is 9.84 Å². The topological polar surface area (TPSA) is 75.3 Å². The third-order valence-corrected chi connectivity index (χ3v) is 5.04. The summed E-state index contributed by atoms with van der Waals surface area (Å²) in [6, 6.07) is 6.22. The maximum Gasteiger partial charge on any atom is 0.251 e. The highest BCUT2D eigenvalue weighted by Crippen LogP contribution is 2.16. The minimum atomic E-state index is -3.30. The van der Waals surface area contributed by atoms with Crippen LogP contribution in [-0.4, -0.2) is 39.7 Å². The zero-order valence-electron chi connectivity index (χ0n) is 12.8. The van der Waals surface area contributed by atoms with Crippen LogP contribution < -0.4 is 10.6 Å². The summed E-state index contributed by atoms with van der Waals surface area (Å²) < 4.78 is 23.1. The zero-order valence-corrected chi connectivity index (χ0v) is 14.5. The van der Waals surface area contributed by atoms with E-state index in [-0.39, 0.29) is 29.3 Å². The highest BCUT2D eigenvalue weighted by atomic mass is 35.5. The molecule has 0 radical (unpaired) electrons. The maximum atomic E-state index is 12.3. The molecule has 2 atom stereocenters. The van der Waals surface area contributed by atoms with Gasteiger partial charge in [-0.2, -0.15) is 0 Å². The van der Waals surface area contributed by atoms with Gasteiger partial charge in [0, 0.05) is 17.9 Å². The number of sulfone groups is 1. The number of amides is 1. The number of hydrogen-bond donors (Lipinski definition) is 2. The van der Waals surface area contributed by atoms with E-state index in [0.29, 0.717) is 11.5 Å². The molecule has 1 aliphatic rings. The summed E-state index contributed by atoms with van der Waals surface area (Å²) in [6.45, 7) is 3.94. The Morgan fingerprint density at radius 3 is 2.73 bits per heavy atom. The number of benzene rings is 1. The number of piperidine rings is 1. The van der Waals surface area contributed by atoms with Crippen LogP contribution in [-0.2, 0) is 9.84 Å². The number of nitrogens with one attached hydrogen (secondary N) is 2. The number of carbonyl (C=O) groups is 1. The highest BCUT2D eigenvalue weighted by Gasteiger charge is 2.22. The predicted octanol–water partition coefficient (Wildman–Crippen LogP) is 1.63. The molecule has 0 aliphatic carbocycles. The Morgan fingerprint density at radius 1 is 1.41 bits per heavy atom. The summed E-state index contributed by atoms with van der Waals surface area (Å²) in [5, 5.41) is 6.30. The fourth-order valence-corrected chi connectivity index (χ4v) is 3.25. The molecule has 5 nitrogen and oxygen atoms in total. The summed E-state index contributed by atoms with van der Waals surface area (Å²) in [6.07, 6.45) is 3.35. The van der Waals surface area contributed by atoms with Gasteiger partial charge < -0.3 is 10.6 Å². The van der Waals surface area contributed by atoms with Crippen molar-refractivity contribution in [3.8, 4) is 0 Å². The Labute approximate surface area is 138 Å². The minimum Gasteiger partial charge on any atom is -0.349 e. The molecule has 2 unspecified atom stereocenters. The lowest BCUT2D eigenvalue weighted by atomic mass is 9.92. The van der Waals surface area contributed by atoms with Crippen molar-refractivity contribution < 1.29 is 13.2 Å². The van der Waals surface area contributed by atoms with Gasteiger partial charge in [-0.1, -0.05) is 6.07 Å². The second-order valence-electron chi connectivity index (χ2n) is 5.67. The van der Waals surface area contributed by atoms with Crippen LogP contribution in [0.25, 0.3) is 0 Å². The molecule has 0 aromatic heterocycles. The molecule has 2 rings (SSSR count). The molecule has 1 aromatic rings. The van der Waals surface area contributed by atoms with Crippen LogP contribution >= 0.6 is 12.4 Å². The lowest BCUT2D eigenvalue weighted by molar-refractivity contribution is 0.0921. The molecular weight excluding hydrogens is 324 g/mol. The molecular formula is C15H23ClN2O3S. The van der Waals surface area contributed by atoms with E-state index in [4.69, 9.17) is 0 Å². The number of carbonyl (C=O) groups excluding carboxylic acids is 1. The maximum absolute atomic E-state index is 12.3. The van der Waals surface area contributed by atoms with Crippen molar-refractivity contribution in [1.29, 1.82) is 0 Å². The third kappa shape index (κ3) is 4.97. The van der Waals surface area contributed by atoms with E-state index in [1.54, 1.807) is 12.1 Å². The molecule has 7 heteroatoms. The second-order valence-corrected chi connectivity index (χ2v) is 7.68. The van der Waals surface area contributed by atoms with Crippen molar-refractivity contribution >= 4 is 28.2 Å². The van der Waals surface area contributed by atoms with E-state index in [1.807, 2.05) is 6.92 Å². The molecule has 1 amide bonds. The number of halogens is 1. The fraction of sp³-hybridized carbons (Fsp3) is 0.533. The van der Waals surface area contributed by atoms with Crippen LogP contribution in [0.1, 0.15) is 30.1 Å². The average Bonchev–Trinajstić information content (AvgIpc) is 2.47. The minimum absolute atomic E-state index is 0. The standard InChI is InChI=1S/C15H22N2O3S.ClH/c1-11(13-6-4-8-16-10-13)17-15(18)12-5-3-7-14(9-12)21(2,19)20;/h3,5,7,9,11,13,16H,4,6,8,10H2,1-2H3,(H,17,18);1H. The van der Waals surface area contributed by atoms with Crippen molar-refractivity contribution in [2.75, 3.05) is 19.3 Å². The Hall–Kier alpha value is -1.11. The van der Waals surface area contributed by atoms with Gasteiger partial charge in [-0.15, -0.1) is 12.4 Å². The molecule has 1 heterocycles. The van der Waals surface area contributed by atoms with E-state index in [1.165, 1.54) is 12.1 Å². The summed E-state index contributed by atoms with van der Waals surface area (Å²) in [7, 11) is -3.30. The van der Waals surface area contributed by atoms with Crippen LogP contribution in [0.3, 0.4) is 0 Å². The van der Waals surface area contributed by atoms with Crippen LogP contribution in [0.4, 0.5) is 0 Å². The molecule has 0 saturated carbocycles. The quantitative estimate of drug-likeness (QED) is 0.869. The fourth-order valence-electron chi connectivity index (χ4n) is 2.58. The second kappa shape index (κ2) is 7.94. The van der Waals surface area contributed by atoms with Crippen molar-refractivity contribution in [3.63, 3.8) is 0 Å². The Bertz CT molecular complexity index is 613. The van der Waals surface area contributed by atoms with Gasteiger partial charge in [-0.3, -0.25) is 4.79 Å². The molecule has 0 bridgehead atoms. The van der Waals surface area contributed by atoms with Gasteiger partial charge in [0.2, 0.25) is 0 Å². The average molecular weight is 347 g/mol. The van der Waals surface area contributed by atoms with Crippen molar-refractivity contribution in [2.24, 2.45) is 5.92 Å². The largest absolute Gasteiger partial charge is 0.349 e. The monoisotopic (exact) mass is 346 g/mol. The summed E-state index contributed by atoms with van der Waals surface area (Å²) in [5.41, 5.74) is 0.383. The predicted molar refractivity (Wildman–Crippen MR) is 89.3 cm³/mol. The molecule has 0 spiro atoms. The molecule has 1 saturated heterocycles. The highest BCUT2D eigenvalue weighted by molar-refractivity contribution is 7.90. The number of hydrogen-bond acceptors (Lipinski definition) is 4. The Morgan fingerprint density at radius 2 is 2.14 bits per heavy atom. The first-order chi connectivity index (χ1) is 9.88. The van der Waals surface area contributed by atoms with Gasteiger partial charge in [0.25, 0.3) is 5.91 Å². The Kier molecular flexibility index (Phi) is 6.84. The zero-order chi connectivity index (χ0) is 15.5. The molecule has 1 aromatic carbocycles. The Balaban J connectivity index is 0.00000242. The van der Waals surface area contributed by atoms with E-state index in [0.717, 1.165) is 32.2 Å². The van der Waals surface area contributed by atoms with Crippen LogP contribution in [0.5, 0.6) is 0 Å². The first kappa shape index (κ1) is 18.9. The third-order valence-electron chi connectivity index (χ3n) is 3.93. The van der Waals surface area contributed by atoms with Crippen LogP contribution in [0.2, 0.25) is 0 Å². The van der Waals surface area contributed by atoms with Gasteiger partial charge in [0.15, 0.2) is 9.84 Å². The normalized spacial score (nSPS) is 19.8. The lowest BCUT2D eigenvalue weighted by Crippen LogP contribution is -2.44. The molecule has 22 heavy (non-hydrogen) atoms. The molecule has 2 N–H and O–H groups in total. The molecule has 1 fully saturated rings. The molecule has 124 valence electrons. The van der Waals surface area contributed by atoms with Crippen LogP contribution in [0.15, 0.2) is 29.2 Å². The first-order valence-electron chi connectivity index (χ1n) is 7.19. The van der Waals surface area contributed by atoms with Gasteiger partial charge in [0.05, 0.1) is 4.90 Å². The van der Waals surface area contributed by atoms with E-state index in [9.17, 15) is 13.2 Å².